The molecule has 0 fully saturated rings. The molecule has 0 bridgehead atoms. The molecule has 3 aromatic rings. The van der Waals surface area contributed by atoms with Crippen LogP contribution in [0.25, 0.3) is 21.9 Å². The van der Waals surface area contributed by atoms with Crippen LogP contribution in [0.3, 0.4) is 0 Å². The molecule has 3 rings (SSSR count). The highest BCUT2D eigenvalue weighted by Crippen LogP contribution is 2.31. The van der Waals surface area contributed by atoms with Gasteiger partial charge in [-0.3, -0.25) is 4.79 Å². The van der Waals surface area contributed by atoms with Crippen LogP contribution in [-0.4, -0.2) is 23.0 Å². The first-order chi connectivity index (χ1) is 11.8. The molecule has 0 aliphatic carbocycles. The SMILES string of the molecule is CC(C)C[C@H](NC(=O)c1ccc2oc3cc(Br)ccc3c2c1)C(=O)O. The molecule has 0 unspecified atom stereocenters. The van der Waals surface area contributed by atoms with Crippen LogP contribution < -0.4 is 5.32 Å². The molecule has 1 aromatic heterocycles. The van der Waals surface area contributed by atoms with Crippen LogP contribution in [0.15, 0.2) is 45.3 Å². The van der Waals surface area contributed by atoms with E-state index in [1.165, 1.54) is 0 Å². The molecule has 1 heterocycles. The van der Waals surface area contributed by atoms with Gasteiger partial charge in [-0.05, 0) is 48.7 Å². The van der Waals surface area contributed by atoms with Gasteiger partial charge in [0.1, 0.15) is 17.2 Å². The first kappa shape index (κ1) is 17.5. The Kier molecular flexibility index (Phi) is 4.81. The molecule has 0 radical (unpaired) electrons. The highest BCUT2D eigenvalue weighted by molar-refractivity contribution is 9.10. The van der Waals surface area contributed by atoms with Crippen molar-refractivity contribution in [3.05, 3.63) is 46.4 Å². The number of hydrogen-bond donors (Lipinski definition) is 2. The Labute approximate surface area is 153 Å². The summed E-state index contributed by atoms with van der Waals surface area (Å²) >= 11 is 3.41. The maximum atomic E-state index is 12.5. The molecule has 1 atom stereocenters. The molecule has 2 N–H and O–H groups in total. The molecule has 0 aliphatic rings. The lowest BCUT2D eigenvalue weighted by molar-refractivity contribution is -0.139. The number of halogens is 1. The van der Waals surface area contributed by atoms with Crippen molar-refractivity contribution in [2.45, 2.75) is 26.3 Å². The molecular formula is C19H18BrNO4. The number of furan rings is 1. The van der Waals surface area contributed by atoms with Gasteiger partial charge >= 0.3 is 5.97 Å². The number of carboxylic acids is 1. The lowest BCUT2D eigenvalue weighted by Gasteiger charge is -2.16. The Morgan fingerprint density at radius 3 is 2.56 bits per heavy atom. The average Bonchev–Trinajstić information content (AvgIpc) is 2.89. The van der Waals surface area contributed by atoms with Crippen LogP contribution in [0.2, 0.25) is 0 Å². The minimum absolute atomic E-state index is 0.167. The monoisotopic (exact) mass is 403 g/mol. The van der Waals surface area contributed by atoms with Crippen molar-refractivity contribution >= 4 is 49.7 Å². The van der Waals surface area contributed by atoms with E-state index < -0.39 is 17.9 Å². The molecular weight excluding hydrogens is 386 g/mol. The molecule has 130 valence electrons. The summed E-state index contributed by atoms with van der Waals surface area (Å²) in [6.45, 7) is 3.84. The van der Waals surface area contributed by atoms with Crippen molar-refractivity contribution in [1.82, 2.24) is 5.32 Å². The van der Waals surface area contributed by atoms with Gasteiger partial charge in [0.15, 0.2) is 0 Å². The number of nitrogens with one attached hydrogen (secondary N) is 1. The standard InChI is InChI=1S/C19H18BrNO4/c1-10(2)7-15(19(23)24)21-18(22)11-3-6-16-14(8-11)13-5-4-12(20)9-17(13)25-16/h3-6,8-10,15H,7H2,1-2H3,(H,21,22)(H,23,24)/t15-/m0/s1. The molecule has 0 aliphatic heterocycles. The Balaban J connectivity index is 1.93. The summed E-state index contributed by atoms with van der Waals surface area (Å²) < 4.78 is 6.70. The second-order valence-electron chi connectivity index (χ2n) is 6.45. The molecule has 5 nitrogen and oxygen atoms in total. The van der Waals surface area contributed by atoms with Crippen molar-refractivity contribution in [2.24, 2.45) is 5.92 Å². The third-order valence-electron chi connectivity index (χ3n) is 4.01. The Morgan fingerprint density at radius 2 is 1.88 bits per heavy atom. The van der Waals surface area contributed by atoms with Crippen LogP contribution >= 0.6 is 15.9 Å². The van der Waals surface area contributed by atoms with Gasteiger partial charge in [0.25, 0.3) is 5.91 Å². The van der Waals surface area contributed by atoms with Crippen molar-refractivity contribution in [3.8, 4) is 0 Å². The Bertz CT molecular complexity index is 961. The number of aliphatic carboxylic acids is 1. The summed E-state index contributed by atoms with van der Waals surface area (Å²) in [5, 5.41) is 13.6. The maximum absolute atomic E-state index is 12.5. The number of hydrogen-bond acceptors (Lipinski definition) is 3. The van der Waals surface area contributed by atoms with E-state index in [0.29, 0.717) is 17.6 Å². The summed E-state index contributed by atoms with van der Waals surface area (Å²) in [5.41, 5.74) is 1.82. The Hall–Kier alpha value is -2.34. The lowest BCUT2D eigenvalue weighted by Crippen LogP contribution is -2.41. The minimum Gasteiger partial charge on any atom is -0.480 e. The van der Waals surface area contributed by atoms with E-state index >= 15 is 0 Å². The predicted octanol–water partition coefficient (Wildman–Crippen LogP) is 4.58. The van der Waals surface area contributed by atoms with Crippen LogP contribution in [0.1, 0.15) is 30.6 Å². The minimum atomic E-state index is -1.03. The van der Waals surface area contributed by atoms with Gasteiger partial charge in [-0.2, -0.15) is 0 Å². The van der Waals surface area contributed by atoms with Crippen molar-refractivity contribution < 1.29 is 19.1 Å². The second kappa shape index (κ2) is 6.88. The van der Waals surface area contributed by atoms with E-state index in [9.17, 15) is 14.7 Å². The smallest absolute Gasteiger partial charge is 0.326 e. The zero-order valence-corrected chi connectivity index (χ0v) is 15.5. The van der Waals surface area contributed by atoms with Gasteiger partial charge in [-0.15, -0.1) is 0 Å². The molecule has 2 aromatic carbocycles. The summed E-state index contributed by atoms with van der Waals surface area (Å²) in [4.78, 5) is 23.8. The fourth-order valence-electron chi connectivity index (χ4n) is 2.83. The van der Waals surface area contributed by atoms with Crippen LogP contribution in [0, 0.1) is 5.92 Å². The van der Waals surface area contributed by atoms with Crippen LogP contribution in [-0.2, 0) is 4.79 Å². The van der Waals surface area contributed by atoms with Crippen LogP contribution in [0.5, 0.6) is 0 Å². The molecule has 0 saturated carbocycles. The van der Waals surface area contributed by atoms with E-state index in [2.05, 4.69) is 21.2 Å². The normalized spacial score (nSPS) is 12.6. The Morgan fingerprint density at radius 1 is 1.12 bits per heavy atom. The summed E-state index contributed by atoms with van der Waals surface area (Å²) in [7, 11) is 0. The highest BCUT2D eigenvalue weighted by atomic mass is 79.9. The number of carboxylic acid groups (broad SMARTS) is 1. The van der Waals surface area contributed by atoms with Crippen LogP contribution in [0.4, 0.5) is 0 Å². The van der Waals surface area contributed by atoms with E-state index in [1.54, 1.807) is 18.2 Å². The number of rotatable bonds is 5. The lowest BCUT2D eigenvalue weighted by atomic mass is 10.0. The number of benzene rings is 2. The number of amides is 1. The summed E-state index contributed by atoms with van der Waals surface area (Å²) in [6.07, 6.45) is 0.381. The van der Waals surface area contributed by atoms with Gasteiger partial charge in [-0.25, -0.2) is 4.79 Å². The van der Waals surface area contributed by atoms with Gasteiger partial charge in [-0.1, -0.05) is 29.8 Å². The fourth-order valence-corrected chi connectivity index (χ4v) is 3.17. The van der Waals surface area contributed by atoms with Crippen molar-refractivity contribution in [2.75, 3.05) is 0 Å². The zero-order valence-electron chi connectivity index (χ0n) is 13.9. The average molecular weight is 404 g/mol. The first-order valence-corrected chi connectivity index (χ1v) is 8.80. The first-order valence-electron chi connectivity index (χ1n) is 8.00. The fraction of sp³-hybridized carbons (Fsp3) is 0.263. The number of carbonyl (C=O) groups is 2. The highest BCUT2D eigenvalue weighted by Gasteiger charge is 2.22. The van der Waals surface area contributed by atoms with Gasteiger partial charge in [0.05, 0.1) is 0 Å². The van der Waals surface area contributed by atoms with E-state index in [1.807, 2.05) is 32.0 Å². The van der Waals surface area contributed by atoms with Crippen molar-refractivity contribution in [3.63, 3.8) is 0 Å². The molecule has 6 heteroatoms. The summed E-state index contributed by atoms with van der Waals surface area (Å²) in [6, 6.07) is 9.91. The third kappa shape index (κ3) is 3.69. The maximum Gasteiger partial charge on any atom is 0.326 e. The van der Waals surface area contributed by atoms with E-state index in [4.69, 9.17) is 4.42 Å². The number of fused-ring (bicyclic) bond motifs is 3. The van der Waals surface area contributed by atoms with Gasteiger partial charge < -0.3 is 14.8 Å². The van der Waals surface area contributed by atoms with E-state index in [-0.39, 0.29) is 5.92 Å². The third-order valence-corrected chi connectivity index (χ3v) is 4.50. The second-order valence-corrected chi connectivity index (χ2v) is 7.36. The van der Waals surface area contributed by atoms with Gasteiger partial charge in [0.2, 0.25) is 0 Å². The van der Waals surface area contributed by atoms with Gasteiger partial charge in [0, 0.05) is 20.8 Å². The molecule has 0 spiro atoms. The number of carbonyl (C=O) groups excluding carboxylic acids is 1. The quantitative estimate of drug-likeness (QED) is 0.653. The summed E-state index contributed by atoms with van der Waals surface area (Å²) in [5.74, 6) is -1.26. The van der Waals surface area contributed by atoms with Crippen molar-refractivity contribution in [1.29, 1.82) is 0 Å². The largest absolute Gasteiger partial charge is 0.480 e. The molecule has 1 amide bonds. The molecule has 25 heavy (non-hydrogen) atoms. The van der Waals surface area contributed by atoms with E-state index in [0.717, 1.165) is 20.8 Å². The zero-order chi connectivity index (χ0) is 18.1. The predicted molar refractivity (Wildman–Crippen MR) is 99.8 cm³/mol. The topological polar surface area (TPSA) is 79.5 Å². The molecule has 0 saturated heterocycles.